The van der Waals surface area contributed by atoms with E-state index in [0.29, 0.717) is 19.8 Å². The topological polar surface area (TPSA) is 78.9 Å². The first-order valence-electron chi connectivity index (χ1n) is 6.42. The highest BCUT2D eigenvalue weighted by atomic mass is 16.5. The van der Waals surface area contributed by atoms with Crippen LogP contribution < -0.4 is 5.32 Å². The summed E-state index contributed by atoms with van der Waals surface area (Å²) >= 11 is 0. The molecule has 0 heterocycles. The SMILES string of the molecule is CN(CCOCc1ccccc1)C(=O)NCCC(=O)O. The molecule has 1 aromatic carbocycles. The number of carbonyl (C=O) groups excluding carboxylic acids is 1. The van der Waals surface area contributed by atoms with E-state index in [-0.39, 0.29) is 19.0 Å². The third-order valence-electron chi connectivity index (χ3n) is 2.64. The second-order valence-electron chi connectivity index (χ2n) is 4.34. The predicted molar refractivity (Wildman–Crippen MR) is 74.4 cm³/mol. The van der Waals surface area contributed by atoms with Crippen molar-refractivity contribution >= 4 is 12.0 Å². The number of hydrogen-bond donors (Lipinski definition) is 2. The molecule has 0 aromatic heterocycles. The second kappa shape index (κ2) is 8.92. The normalized spacial score (nSPS) is 10.1. The highest BCUT2D eigenvalue weighted by Crippen LogP contribution is 2.00. The van der Waals surface area contributed by atoms with Gasteiger partial charge in [0.1, 0.15) is 0 Å². The van der Waals surface area contributed by atoms with Crippen molar-refractivity contribution in [2.45, 2.75) is 13.0 Å². The Morgan fingerprint density at radius 3 is 2.65 bits per heavy atom. The number of amides is 2. The van der Waals surface area contributed by atoms with Crippen LogP contribution in [-0.2, 0) is 16.1 Å². The zero-order valence-corrected chi connectivity index (χ0v) is 11.5. The number of aliphatic carboxylic acids is 1. The van der Waals surface area contributed by atoms with Gasteiger partial charge >= 0.3 is 12.0 Å². The monoisotopic (exact) mass is 280 g/mol. The van der Waals surface area contributed by atoms with Crippen molar-refractivity contribution in [1.29, 1.82) is 0 Å². The average Bonchev–Trinajstić information content (AvgIpc) is 2.44. The van der Waals surface area contributed by atoms with Gasteiger partial charge in [0.15, 0.2) is 0 Å². The fraction of sp³-hybridized carbons (Fsp3) is 0.429. The second-order valence-corrected chi connectivity index (χ2v) is 4.34. The Morgan fingerprint density at radius 1 is 1.30 bits per heavy atom. The summed E-state index contributed by atoms with van der Waals surface area (Å²) < 4.78 is 5.47. The van der Waals surface area contributed by atoms with Gasteiger partial charge in [-0.25, -0.2) is 4.79 Å². The Kier molecular flexibility index (Phi) is 7.13. The molecule has 0 saturated heterocycles. The van der Waals surface area contributed by atoms with E-state index in [1.807, 2.05) is 30.3 Å². The zero-order chi connectivity index (χ0) is 14.8. The van der Waals surface area contributed by atoms with Crippen LogP contribution in [0.3, 0.4) is 0 Å². The van der Waals surface area contributed by atoms with Gasteiger partial charge in [0, 0.05) is 20.1 Å². The minimum Gasteiger partial charge on any atom is -0.481 e. The van der Waals surface area contributed by atoms with Gasteiger partial charge in [-0.05, 0) is 5.56 Å². The van der Waals surface area contributed by atoms with E-state index >= 15 is 0 Å². The molecule has 0 aliphatic heterocycles. The Bertz CT molecular complexity index is 422. The molecule has 0 unspecified atom stereocenters. The molecule has 0 bridgehead atoms. The highest BCUT2D eigenvalue weighted by molar-refractivity contribution is 5.74. The lowest BCUT2D eigenvalue weighted by Crippen LogP contribution is -2.39. The lowest BCUT2D eigenvalue weighted by Gasteiger charge is -2.17. The summed E-state index contributed by atoms with van der Waals surface area (Å²) in [6, 6.07) is 9.49. The maximum atomic E-state index is 11.6. The van der Waals surface area contributed by atoms with Crippen LogP contribution in [0.4, 0.5) is 4.79 Å². The van der Waals surface area contributed by atoms with Crippen molar-refractivity contribution in [2.75, 3.05) is 26.7 Å². The Hall–Kier alpha value is -2.08. The summed E-state index contributed by atoms with van der Waals surface area (Å²) in [4.78, 5) is 23.3. The zero-order valence-electron chi connectivity index (χ0n) is 11.5. The largest absolute Gasteiger partial charge is 0.481 e. The molecule has 1 rings (SSSR count). The van der Waals surface area contributed by atoms with Gasteiger partial charge in [-0.3, -0.25) is 4.79 Å². The van der Waals surface area contributed by atoms with Crippen LogP contribution in [-0.4, -0.2) is 48.8 Å². The standard InChI is InChI=1S/C14H20N2O4/c1-16(14(19)15-8-7-13(17)18)9-10-20-11-12-5-3-2-4-6-12/h2-6H,7-11H2,1H3,(H,15,19)(H,17,18). The van der Waals surface area contributed by atoms with Gasteiger partial charge in [0.25, 0.3) is 0 Å². The van der Waals surface area contributed by atoms with Crippen molar-refractivity contribution in [2.24, 2.45) is 0 Å². The first kappa shape index (κ1) is 16.0. The molecule has 1 aromatic rings. The number of urea groups is 1. The predicted octanol–water partition coefficient (Wildman–Crippen LogP) is 1.32. The number of ether oxygens (including phenoxy) is 1. The van der Waals surface area contributed by atoms with Gasteiger partial charge in [-0.15, -0.1) is 0 Å². The minimum atomic E-state index is -0.931. The van der Waals surface area contributed by atoms with Crippen LogP contribution in [0.15, 0.2) is 30.3 Å². The van der Waals surface area contributed by atoms with E-state index in [9.17, 15) is 9.59 Å². The van der Waals surface area contributed by atoms with Crippen molar-refractivity contribution in [3.63, 3.8) is 0 Å². The maximum absolute atomic E-state index is 11.6. The summed E-state index contributed by atoms with van der Waals surface area (Å²) in [6.07, 6.45) is -0.0793. The van der Waals surface area contributed by atoms with Crippen LogP contribution in [0.5, 0.6) is 0 Å². The van der Waals surface area contributed by atoms with Crippen LogP contribution in [0.2, 0.25) is 0 Å². The van der Waals surface area contributed by atoms with Gasteiger partial charge in [0.2, 0.25) is 0 Å². The van der Waals surface area contributed by atoms with Crippen molar-refractivity contribution in [3.8, 4) is 0 Å². The molecule has 0 atom stereocenters. The van der Waals surface area contributed by atoms with Crippen LogP contribution in [0.25, 0.3) is 0 Å². The smallest absolute Gasteiger partial charge is 0.317 e. The highest BCUT2D eigenvalue weighted by Gasteiger charge is 2.08. The van der Waals surface area contributed by atoms with Gasteiger partial charge in [0.05, 0.1) is 19.6 Å². The summed E-state index contributed by atoms with van der Waals surface area (Å²) in [5, 5.41) is 11.0. The number of carbonyl (C=O) groups is 2. The molecular weight excluding hydrogens is 260 g/mol. The summed E-state index contributed by atoms with van der Waals surface area (Å²) in [5.41, 5.74) is 1.08. The first-order chi connectivity index (χ1) is 9.59. The molecule has 2 N–H and O–H groups in total. The molecule has 0 fully saturated rings. The number of hydrogen-bond acceptors (Lipinski definition) is 3. The molecule has 0 radical (unpaired) electrons. The average molecular weight is 280 g/mol. The fourth-order valence-corrected chi connectivity index (χ4v) is 1.48. The summed E-state index contributed by atoms with van der Waals surface area (Å²) in [5.74, 6) is -0.931. The lowest BCUT2D eigenvalue weighted by molar-refractivity contribution is -0.136. The number of benzene rings is 1. The lowest BCUT2D eigenvalue weighted by atomic mass is 10.2. The van der Waals surface area contributed by atoms with E-state index in [0.717, 1.165) is 5.56 Å². The maximum Gasteiger partial charge on any atom is 0.317 e. The molecule has 0 saturated carbocycles. The van der Waals surface area contributed by atoms with Crippen molar-refractivity contribution < 1.29 is 19.4 Å². The molecule has 2 amide bonds. The molecule has 20 heavy (non-hydrogen) atoms. The third-order valence-corrected chi connectivity index (χ3v) is 2.64. The Labute approximate surface area is 118 Å². The molecule has 110 valence electrons. The summed E-state index contributed by atoms with van der Waals surface area (Å²) in [6.45, 7) is 1.52. The Morgan fingerprint density at radius 2 is 2.00 bits per heavy atom. The molecule has 0 spiro atoms. The van der Waals surface area contributed by atoms with Gasteiger partial charge in [-0.1, -0.05) is 30.3 Å². The van der Waals surface area contributed by atoms with E-state index in [2.05, 4.69) is 5.32 Å². The van der Waals surface area contributed by atoms with Crippen molar-refractivity contribution in [1.82, 2.24) is 10.2 Å². The Balaban J connectivity index is 2.11. The number of rotatable bonds is 8. The summed E-state index contributed by atoms with van der Waals surface area (Å²) in [7, 11) is 1.64. The number of nitrogens with one attached hydrogen (secondary N) is 1. The van der Waals surface area contributed by atoms with Gasteiger partial charge in [-0.2, -0.15) is 0 Å². The van der Waals surface area contributed by atoms with Crippen LogP contribution >= 0.6 is 0 Å². The van der Waals surface area contributed by atoms with Crippen LogP contribution in [0.1, 0.15) is 12.0 Å². The van der Waals surface area contributed by atoms with Crippen LogP contribution in [0, 0.1) is 0 Å². The van der Waals surface area contributed by atoms with E-state index in [4.69, 9.17) is 9.84 Å². The molecule has 0 aliphatic rings. The van der Waals surface area contributed by atoms with Gasteiger partial charge < -0.3 is 20.1 Å². The van der Waals surface area contributed by atoms with E-state index < -0.39 is 5.97 Å². The first-order valence-corrected chi connectivity index (χ1v) is 6.42. The quantitative estimate of drug-likeness (QED) is 0.704. The molecule has 6 nitrogen and oxygen atoms in total. The third kappa shape index (κ3) is 6.75. The molecule has 0 aliphatic carbocycles. The van der Waals surface area contributed by atoms with E-state index in [1.54, 1.807) is 7.05 Å². The van der Waals surface area contributed by atoms with E-state index in [1.165, 1.54) is 4.90 Å². The number of carboxylic acids is 1. The fourth-order valence-electron chi connectivity index (χ4n) is 1.48. The number of carboxylic acid groups (broad SMARTS) is 1. The molecule has 6 heteroatoms. The number of likely N-dealkylation sites (N-methyl/N-ethyl adjacent to an activating group) is 1. The number of nitrogens with zero attached hydrogens (tertiary/aromatic N) is 1. The van der Waals surface area contributed by atoms with Crippen molar-refractivity contribution in [3.05, 3.63) is 35.9 Å². The molecular formula is C14H20N2O4. The minimum absolute atomic E-state index is 0.0793.